The lowest BCUT2D eigenvalue weighted by Crippen LogP contribution is -1.92. The van der Waals surface area contributed by atoms with E-state index in [1.807, 2.05) is 13.1 Å². The molecule has 0 spiro atoms. The van der Waals surface area contributed by atoms with Crippen molar-refractivity contribution in [1.82, 2.24) is 4.98 Å². The van der Waals surface area contributed by atoms with Crippen molar-refractivity contribution >= 4 is 32.3 Å². The van der Waals surface area contributed by atoms with Gasteiger partial charge >= 0.3 is 0 Å². The van der Waals surface area contributed by atoms with E-state index in [0.717, 1.165) is 11.3 Å². The van der Waals surface area contributed by atoms with E-state index in [0.29, 0.717) is 0 Å². The fourth-order valence-electron chi connectivity index (χ4n) is 6.58. The Morgan fingerprint density at radius 1 is 0.326 bits per heavy atom. The molecule has 8 aromatic rings. The first-order chi connectivity index (χ1) is 21.3. The monoisotopic (exact) mass is 547 g/mol. The highest BCUT2D eigenvalue weighted by atomic mass is 14.7. The maximum Gasteiger partial charge on any atom is 0.0373 e. The van der Waals surface area contributed by atoms with Crippen LogP contribution in [0.1, 0.15) is 5.69 Å². The molecular formula is C42H29N. The zero-order valence-corrected chi connectivity index (χ0v) is 24.0. The van der Waals surface area contributed by atoms with E-state index in [1.165, 1.54) is 71.3 Å². The molecule has 8 rings (SSSR count). The lowest BCUT2D eigenvalue weighted by molar-refractivity contribution is 1.20. The Labute approximate surface area is 251 Å². The summed E-state index contributed by atoms with van der Waals surface area (Å²) in [6.07, 6.45) is 1.96. The van der Waals surface area contributed by atoms with Crippen LogP contribution in [-0.4, -0.2) is 4.98 Å². The van der Waals surface area contributed by atoms with Crippen LogP contribution in [0.3, 0.4) is 0 Å². The lowest BCUT2D eigenvalue weighted by Gasteiger charge is -2.20. The molecule has 1 nitrogen and oxygen atoms in total. The molecule has 1 heteroatoms. The largest absolute Gasteiger partial charge is 0.261 e. The molecule has 0 saturated carbocycles. The number of rotatable bonds is 4. The van der Waals surface area contributed by atoms with Gasteiger partial charge in [0.25, 0.3) is 0 Å². The van der Waals surface area contributed by atoms with Crippen molar-refractivity contribution in [3.05, 3.63) is 164 Å². The fourth-order valence-corrected chi connectivity index (χ4v) is 6.58. The van der Waals surface area contributed by atoms with Crippen molar-refractivity contribution < 1.29 is 0 Å². The Morgan fingerprint density at radius 3 is 1.37 bits per heavy atom. The summed E-state index contributed by atoms with van der Waals surface area (Å²) in [6, 6.07) is 55.1. The van der Waals surface area contributed by atoms with Crippen molar-refractivity contribution in [2.45, 2.75) is 6.92 Å². The van der Waals surface area contributed by atoms with Crippen molar-refractivity contribution in [3.8, 4) is 44.5 Å². The molecule has 0 aliphatic rings. The zero-order valence-electron chi connectivity index (χ0n) is 24.0. The molecule has 1 aromatic heterocycles. The molecule has 0 unspecified atom stereocenters. The van der Waals surface area contributed by atoms with Crippen LogP contribution in [-0.2, 0) is 0 Å². The van der Waals surface area contributed by atoms with Gasteiger partial charge in [0.1, 0.15) is 0 Å². The van der Waals surface area contributed by atoms with Crippen LogP contribution in [0.4, 0.5) is 0 Å². The summed E-state index contributed by atoms with van der Waals surface area (Å²) in [5.41, 5.74) is 10.9. The maximum absolute atomic E-state index is 4.50. The average molecular weight is 548 g/mol. The molecule has 43 heavy (non-hydrogen) atoms. The van der Waals surface area contributed by atoms with Gasteiger partial charge in [0.05, 0.1) is 0 Å². The van der Waals surface area contributed by atoms with Crippen LogP contribution >= 0.6 is 0 Å². The number of aryl methyl sites for hydroxylation is 1. The number of aromatic nitrogens is 1. The summed E-state index contributed by atoms with van der Waals surface area (Å²) < 4.78 is 0. The van der Waals surface area contributed by atoms with E-state index in [1.54, 1.807) is 0 Å². The third-order valence-corrected chi connectivity index (χ3v) is 8.63. The molecule has 0 aliphatic heterocycles. The van der Waals surface area contributed by atoms with Gasteiger partial charge in [-0.3, -0.25) is 4.98 Å². The smallest absolute Gasteiger partial charge is 0.0373 e. The minimum absolute atomic E-state index is 1.03. The second-order valence-corrected chi connectivity index (χ2v) is 11.2. The fraction of sp³-hybridized carbons (Fsp3) is 0.0238. The third kappa shape index (κ3) is 4.29. The van der Waals surface area contributed by atoms with Crippen LogP contribution in [0.15, 0.2) is 158 Å². The Hall–Kier alpha value is -5.53. The highest BCUT2D eigenvalue weighted by molar-refractivity contribution is 6.24. The summed E-state index contributed by atoms with van der Waals surface area (Å²) in [7, 11) is 0. The first-order valence-electron chi connectivity index (χ1n) is 14.8. The molecule has 0 atom stereocenters. The molecule has 0 saturated heterocycles. The molecule has 0 bridgehead atoms. The number of pyridine rings is 1. The standard InChI is InChI=1S/C42H29N/c1-28-19-20-32(27-43-28)29-21-23-31(24-22-29)41-36-15-7-9-17-38(36)42(39-18-10-8-16-37(39)41)40-26-25-33(30-11-3-2-4-12-30)34-13-5-6-14-35(34)40/h2-27H,1H3. The van der Waals surface area contributed by atoms with E-state index in [2.05, 4.69) is 157 Å². The number of nitrogens with zero attached hydrogens (tertiary/aromatic N) is 1. The van der Waals surface area contributed by atoms with Gasteiger partial charge in [0.15, 0.2) is 0 Å². The maximum atomic E-state index is 4.50. The number of benzene rings is 7. The van der Waals surface area contributed by atoms with Crippen molar-refractivity contribution in [2.75, 3.05) is 0 Å². The van der Waals surface area contributed by atoms with E-state index < -0.39 is 0 Å². The molecule has 0 aliphatic carbocycles. The van der Waals surface area contributed by atoms with E-state index in [9.17, 15) is 0 Å². The zero-order chi connectivity index (χ0) is 28.8. The quantitative estimate of drug-likeness (QED) is 0.200. The Balaban J connectivity index is 1.38. The highest BCUT2D eigenvalue weighted by Crippen LogP contribution is 2.46. The molecule has 0 fully saturated rings. The molecule has 0 amide bonds. The van der Waals surface area contributed by atoms with Gasteiger partial charge in [0, 0.05) is 17.5 Å². The minimum Gasteiger partial charge on any atom is -0.261 e. The second-order valence-electron chi connectivity index (χ2n) is 11.2. The summed E-state index contributed by atoms with van der Waals surface area (Å²) >= 11 is 0. The van der Waals surface area contributed by atoms with Crippen molar-refractivity contribution in [1.29, 1.82) is 0 Å². The Kier molecular flexibility index (Phi) is 6.09. The summed E-state index contributed by atoms with van der Waals surface area (Å²) in [6.45, 7) is 2.02. The van der Waals surface area contributed by atoms with E-state index >= 15 is 0 Å². The molecular weight excluding hydrogens is 518 g/mol. The number of hydrogen-bond acceptors (Lipinski definition) is 1. The summed E-state index contributed by atoms with van der Waals surface area (Å²) in [5.74, 6) is 0. The second kappa shape index (κ2) is 10.4. The van der Waals surface area contributed by atoms with Crippen molar-refractivity contribution in [2.24, 2.45) is 0 Å². The van der Waals surface area contributed by atoms with Gasteiger partial charge in [-0.05, 0) is 84.3 Å². The lowest BCUT2D eigenvalue weighted by atomic mass is 9.83. The van der Waals surface area contributed by atoms with Crippen LogP contribution in [0.5, 0.6) is 0 Å². The Bertz CT molecular complexity index is 2200. The molecule has 0 radical (unpaired) electrons. The first kappa shape index (κ1) is 25.2. The predicted octanol–water partition coefficient (Wildman–Crippen LogP) is 11.5. The van der Waals surface area contributed by atoms with Crippen LogP contribution in [0.2, 0.25) is 0 Å². The highest BCUT2D eigenvalue weighted by Gasteiger charge is 2.18. The van der Waals surface area contributed by atoms with Crippen molar-refractivity contribution in [3.63, 3.8) is 0 Å². The molecule has 1 heterocycles. The van der Waals surface area contributed by atoms with E-state index in [4.69, 9.17) is 0 Å². The molecule has 0 N–H and O–H groups in total. The topological polar surface area (TPSA) is 12.9 Å². The number of fused-ring (bicyclic) bond motifs is 3. The number of hydrogen-bond donors (Lipinski definition) is 0. The van der Waals surface area contributed by atoms with Gasteiger partial charge < -0.3 is 0 Å². The normalized spacial score (nSPS) is 11.4. The molecule has 7 aromatic carbocycles. The minimum atomic E-state index is 1.03. The summed E-state index contributed by atoms with van der Waals surface area (Å²) in [4.78, 5) is 4.50. The van der Waals surface area contributed by atoms with Crippen LogP contribution < -0.4 is 0 Å². The predicted molar refractivity (Wildman–Crippen MR) is 183 cm³/mol. The van der Waals surface area contributed by atoms with Gasteiger partial charge in [-0.15, -0.1) is 0 Å². The summed E-state index contributed by atoms with van der Waals surface area (Å²) in [5, 5.41) is 7.59. The van der Waals surface area contributed by atoms with Gasteiger partial charge in [-0.25, -0.2) is 0 Å². The molecule has 202 valence electrons. The van der Waals surface area contributed by atoms with Gasteiger partial charge in [-0.2, -0.15) is 0 Å². The van der Waals surface area contributed by atoms with E-state index in [-0.39, 0.29) is 0 Å². The van der Waals surface area contributed by atoms with Crippen LogP contribution in [0, 0.1) is 6.92 Å². The SMILES string of the molecule is Cc1ccc(-c2ccc(-c3c4ccccc4c(-c4ccc(-c5ccccc5)c5ccccc45)c4ccccc34)cc2)cn1. The van der Waals surface area contributed by atoms with Crippen LogP contribution in [0.25, 0.3) is 76.8 Å². The third-order valence-electron chi connectivity index (χ3n) is 8.63. The Morgan fingerprint density at radius 2 is 0.791 bits per heavy atom. The first-order valence-corrected chi connectivity index (χ1v) is 14.8. The average Bonchev–Trinajstić information content (AvgIpc) is 3.08. The van der Waals surface area contributed by atoms with Gasteiger partial charge in [0.2, 0.25) is 0 Å². The van der Waals surface area contributed by atoms with Gasteiger partial charge in [-0.1, -0.05) is 146 Å².